The average molecular weight is 368 g/mol. The molecule has 0 amide bonds. The van der Waals surface area contributed by atoms with Crippen LogP contribution in [0.3, 0.4) is 0 Å². The Bertz CT molecular complexity index is 581. The van der Waals surface area contributed by atoms with Crippen LogP contribution in [0.1, 0.15) is 37.8 Å². The third-order valence-electron chi connectivity index (χ3n) is 3.05. The molecule has 114 valence electrons. The number of aromatic nitrogens is 2. The molecular weight excluding hydrogens is 346 g/mol. The van der Waals surface area contributed by atoms with E-state index >= 15 is 0 Å². The lowest BCUT2D eigenvalue weighted by atomic mass is 10.1. The zero-order chi connectivity index (χ0) is 15.2. The quantitative estimate of drug-likeness (QED) is 0.722. The van der Waals surface area contributed by atoms with Gasteiger partial charge in [0.05, 0.1) is 5.69 Å². The minimum Gasteiger partial charge on any atom is -0.312 e. The summed E-state index contributed by atoms with van der Waals surface area (Å²) < 4.78 is 1.00. The molecule has 2 aromatic rings. The van der Waals surface area contributed by atoms with E-state index in [1.165, 1.54) is 10.6 Å². The second-order valence-electron chi connectivity index (χ2n) is 5.50. The summed E-state index contributed by atoms with van der Waals surface area (Å²) in [6.07, 6.45) is 3.99. The Labute approximate surface area is 139 Å². The highest BCUT2D eigenvalue weighted by Gasteiger charge is 2.15. The molecule has 0 aliphatic heterocycles. The van der Waals surface area contributed by atoms with Gasteiger partial charge in [0, 0.05) is 22.1 Å². The Hall–Kier alpha value is -0.780. The minimum atomic E-state index is 0.608. The lowest BCUT2D eigenvalue weighted by Crippen LogP contribution is -2.14. The maximum absolute atomic E-state index is 4.85. The average Bonchev–Trinajstić information content (AvgIpc) is 2.82. The van der Waals surface area contributed by atoms with Crippen LogP contribution in [0.2, 0.25) is 0 Å². The lowest BCUT2D eigenvalue weighted by molar-refractivity contribution is 0.623. The molecule has 0 bridgehead atoms. The van der Waals surface area contributed by atoms with Gasteiger partial charge in [-0.2, -0.15) is 0 Å². The number of pyridine rings is 1. The highest BCUT2D eigenvalue weighted by molar-refractivity contribution is 9.10. The van der Waals surface area contributed by atoms with Crippen molar-refractivity contribution in [1.82, 2.24) is 15.3 Å². The van der Waals surface area contributed by atoms with E-state index in [1.54, 1.807) is 11.3 Å². The lowest BCUT2D eigenvalue weighted by Gasteiger charge is -2.05. The van der Waals surface area contributed by atoms with E-state index in [4.69, 9.17) is 4.98 Å². The topological polar surface area (TPSA) is 37.8 Å². The molecule has 2 heterocycles. The SMILES string of the molecule is CCCNCc1sc(-c2ncccc2Br)nc1CC(C)C. The number of hydrogen-bond acceptors (Lipinski definition) is 4. The van der Waals surface area contributed by atoms with Gasteiger partial charge in [-0.1, -0.05) is 20.8 Å². The largest absolute Gasteiger partial charge is 0.312 e. The number of thiazole rings is 1. The van der Waals surface area contributed by atoms with Crippen molar-refractivity contribution in [3.05, 3.63) is 33.4 Å². The molecule has 0 radical (unpaired) electrons. The van der Waals surface area contributed by atoms with Crippen molar-refractivity contribution in [2.24, 2.45) is 5.92 Å². The third kappa shape index (κ3) is 4.59. The van der Waals surface area contributed by atoms with Crippen molar-refractivity contribution < 1.29 is 0 Å². The normalized spacial score (nSPS) is 11.3. The summed E-state index contributed by atoms with van der Waals surface area (Å²) in [4.78, 5) is 10.6. The Morgan fingerprint density at radius 1 is 1.38 bits per heavy atom. The van der Waals surface area contributed by atoms with Crippen LogP contribution < -0.4 is 5.32 Å². The molecule has 2 rings (SSSR count). The van der Waals surface area contributed by atoms with Gasteiger partial charge in [0.2, 0.25) is 0 Å². The first kappa shape index (κ1) is 16.6. The molecule has 0 aromatic carbocycles. The van der Waals surface area contributed by atoms with Crippen molar-refractivity contribution in [1.29, 1.82) is 0 Å². The Balaban J connectivity index is 2.28. The molecule has 0 unspecified atom stereocenters. The van der Waals surface area contributed by atoms with Crippen LogP contribution in [0.15, 0.2) is 22.8 Å². The molecule has 5 heteroatoms. The maximum Gasteiger partial charge on any atom is 0.143 e. The van der Waals surface area contributed by atoms with Crippen molar-refractivity contribution in [2.75, 3.05) is 6.54 Å². The van der Waals surface area contributed by atoms with Gasteiger partial charge in [-0.25, -0.2) is 4.98 Å². The molecule has 0 aliphatic rings. The van der Waals surface area contributed by atoms with Gasteiger partial charge in [-0.3, -0.25) is 4.98 Å². The number of rotatable bonds is 7. The summed E-state index contributed by atoms with van der Waals surface area (Å²) in [7, 11) is 0. The Kier molecular flexibility index (Phi) is 6.33. The summed E-state index contributed by atoms with van der Waals surface area (Å²) in [5.41, 5.74) is 2.15. The van der Waals surface area contributed by atoms with Crippen LogP contribution in [0.25, 0.3) is 10.7 Å². The summed E-state index contributed by atoms with van der Waals surface area (Å²) in [6, 6.07) is 3.95. The molecule has 0 saturated heterocycles. The molecule has 21 heavy (non-hydrogen) atoms. The first-order chi connectivity index (χ1) is 10.1. The van der Waals surface area contributed by atoms with Crippen molar-refractivity contribution >= 4 is 27.3 Å². The van der Waals surface area contributed by atoms with E-state index in [9.17, 15) is 0 Å². The predicted molar refractivity (Wildman–Crippen MR) is 93.6 cm³/mol. The number of halogens is 1. The Morgan fingerprint density at radius 2 is 2.19 bits per heavy atom. The summed E-state index contributed by atoms with van der Waals surface area (Å²) in [6.45, 7) is 8.60. The van der Waals surface area contributed by atoms with E-state index in [1.807, 2.05) is 18.3 Å². The first-order valence-corrected chi connectivity index (χ1v) is 9.03. The Morgan fingerprint density at radius 3 is 2.86 bits per heavy atom. The van der Waals surface area contributed by atoms with Gasteiger partial charge in [-0.05, 0) is 53.4 Å². The van der Waals surface area contributed by atoms with Crippen LogP contribution in [0.5, 0.6) is 0 Å². The van der Waals surface area contributed by atoms with Crippen molar-refractivity contribution in [2.45, 2.75) is 40.2 Å². The van der Waals surface area contributed by atoms with E-state index in [-0.39, 0.29) is 0 Å². The zero-order valence-electron chi connectivity index (χ0n) is 12.8. The van der Waals surface area contributed by atoms with Gasteiger partial charge < -0.3 is 5.32 Å². The zero-order valence-corrected chi connectivity index (χ0v) is 15.2. The standard InChI is InChI=1S/C16H22BrN3S/c1-4-7-18-10-14-13(9-11(2)3)20-16(21-14)15-12(17)6-5-8-19-15/h5-6,8,11,18H,4,7,9-10H2,1-3H3. The highest BCUT2D eigenvalue weighted by atomic mass is 79.9. The van der Waals surface area contributed by atoms with Crippen LogP contribution in [0, 0.1) is 5.92 Å². The molecule has 1 N–H and O–H groups in total. The van der Waals surface area contributed by atoms with Gasteiger partial charge >= 0.3 is 0 Å². The molecule has 0 spiro atoms. The fourth-order valence-corrected chi connectivity index (χ4v) is 3.73. The predicted octanol–water partition coefficient (Wildman–Crippen LogP) is 4.67. The maximum atomic E-state index is 4.85. The van der Waals surface area contributed by atoms with E-state index in [0.29, 0.717) is 5.92 Å². The third-order valence-corrected chi connectivity index (χ3v) is 4.80. The van der Waals surface area contributed by atoms with E-state index in [0.717, 1.165) is 41.1 Å². The van der Waals surface area contributed by atoms with Crippen LogP contribution in [0.4, 0.5) is 0 Å². The van der Waals surface area contributed by atoms with E-state index in [2.05, 4.69) is 47.0 Å². The molecule has 3 nitrogen and oxygen atoms in total. The molecular formula is C16H22BrN3S. The fraction of sp³-hybridized carbons (Fsp3) is 0.500. The van der Waals surface area contributed by atoms with Crippen LogP contribution >= 0.6 is 27.3 Å². The smallest absolute Gasteiger partial charge is 0.143 e. The van der Waals surface area contributed by atoms with Crippen LogP contribution in [-0.2, 0) is 13.0 Å². The summed E-state index contributed by atoms with van der Waals surface area (Å²) in [5, 5.41) is 4.49. The minimum absolute atomic E-state index is 0.608. The van der Waals surface area contributed by atoms with Gasteiger partial charge in [0.15, 0.2) is 0 Å². The number of nitrogens with zero attached hydrogens (tertiary/aromatic N) is 2. The molecule has 0 saturated carbocycles. The molecule has 0 aliphatic carbocycles. The fourth-order valence-electron chi connectivity index (χ4n) is 2.09. The number of nitrogens with one attached hydrogen (secondary N) is 1. The summed E-state index contributed by atoms with van der Waals surface area (Å²) in [5.74, 6) is 0.608. The summed E-state index contributed by atoms with van der Waals surface area (Å²) >= 11 is 5.32. The van der Waals surface area contributed by atoms with Gasteiger partial charge in [0.1, 0.15) is 10.7 Å². The van der Waals surface area contributed by atoms with Gasteiger partial charge in [-0.15, -0.1) is 11.3 Å². The number of hydrogen-bond donors (Lipinski definition) is 1. The monoisotopic (exact) mass is 367 g/mol. The first-order valence-electron chi connectivity index (χ1n) is 7.42. The van der Waals surface area contributed by atoms with Gasteiger partial charge in [0.25, 0.3) is 0 Å². The van der Waals surface area contributed by atoms with Crippen molar-refractivity contribution in [3.63, 3.8) is 0 Å². The molecule has 2 aromatic heterocycles. The van der Waals surface area contributed by atoms with Crippen molar-refractivity contribution in [3.8, 4) is 10.7 Å². The second kappa shape index (κ2) is 8.01. The van der Waals surface area contributed by atoms with E-state index < -0.39 is 0 Å². The highest BCUT2D eigenvalue weighted by Crippen LogP contribution is 2.32. The molecule has 0 fully saturated rings. The van der Waals surface area contributed by atoms with Crippen LogP contribution in [-0.4, -0.2) is 16.5 Å². The molecule has 0 atom stereocenters. The second-order valence-corrected chi connectivity index (χ2v) is 7.44.